The van der Waals surface area contributed by atoms with Crippen LogP contribution >= 0.6 is 12.4 Å². The first-order valence-corrected chi connectivity index (χ1v) is 10.3. The number of hydrogen-bond donors (Lipinski definition) is 2. The molecule has 9 heteroatoms. The van der Waals surface area contributed by atoms with Gasteiger partial charge in [-0.3, -0.25) is 9.69 Å². The summed E-state index contributed by atoms with van der Waals surface area (Å²) in [5.74, 6) is -0.596. The number of furan rings is 1. The van der Waals surface area contributed by atoms with Crippen LogP contribution in [0.1, 0.15) is 16.1 Å². The Balaban J connectivity index is 0.00000261. The standard InChI is InChI=1S/C18H23N3O4S.ClH/c22-18(20-9-12-21-10-7-19-8-11-21)17-15(6-13-25-17)14-26(23,24)16-4-2-1-3-5-16;/h1-6,13,19H,7-12,14H2,(H,20,22);1H. The fourth-order valence-electron chi connectivity index (χ4n) is 2.91. The van der Waals surface area contributed by atoms with Crippen molar-refractivity contribution in [2.45, 2.75) is 10.6 Å². The zero-order valence-corrected chi connectivity index (χ0v) is 16.5. The third-order valence-electron chi connectivity index (χ3n) is 4.32. The van der Waals surface area contributed by atoms with Gasteiger partial charge in [0, 0.05) is 44.8 Å². The van der Waals surface area contributed by atoms with Gasteiger partial charge in [-0.05, 0) is 18.2 Å². The summed E-state index contributed by atoms with van der Waals surface area (Å²) in [7, 11) is -3.53. The second-order valence-electron chi connectivity index (χ2n) is 6.19. The van der Waals surface area contributed by atoms with Crippen LogP contribution in [-0.4, -0.2) is 58.5 Å². The number of nitrogens with one attached hydrogen (secondary N) is 2. The number of carbonyl (C=O) groups excluding carboxylic acids is 1. The molecular weight excluding hydrogens is 390 g/mol. The van der Waals surface area contributed by atoms with E-state index in [4.69, 9.17) is 4.42 Å². The Labute approximate surface area is 165 Å². The Kier molecular flexibility index (Phi) is 7.85. The summed E-state index contributed by atoms with van der Waals surface area (Å²) in [6, 6.07) is 9.73. The van der Waals surface area contributed by atoms with Crippen molar-refractivity contribution in [1.82, 2.24) is 15.5 Å². The van der Waals surface area contributed by atoms with Crippen molar-refractivity contribution < 1.29 is 17.6 Å². The molecule has 1 fully saturated rings. The highest BCUT2D eigenvalue weighted by Gasteiger charge is 2.22. The lowest BCUT2D eigenvalue weighted by Gasteiger charge is -2.26. The molecule has 27 heavy (non-hydrogen) atoms. The number of benzene rings is 1. The molecule has 1 aliphatic heterocycles. The molecule has 0 bridgehead atoms. The van der Waals surface area contributed by atoms with Gasteiger partial charge in [0.05, 0.1) is 16.9 Å². The van der Waals surface area contributed by atoms with E-state index in [1.165, 1.54) is 12.3 Å². The lowest BCUT2D eigenvalue weighted by Crippen LogP contribution is -2.46. The SMILES string of the molecule is Cl.O=C(NCCN1CCNCC1)c1occc1CS(=O)(=O)c1ccccc1. The van der Waals surface area contributed by atoms with Crippen LogP contribution in [0.15, 0.2) is 52.0 Å². The normalized spacial score (nSPS) is 15.1. The van der Waals surface area contributed by atoms with Crippen LogP contribution < -0.4 is 10.6 Å². The second kappa shape index (κ2) is 9.89. The Hall–Kier alpha value is -1.87. The average molecular weight is 414 g/mol. The van der Waals surface area contributed by atoms with Crippen molar-refractivity contribution in [3.05, 3.63) is 54.0 Å². The highest BCUT2D eigenvalue weighted by atomic mass is 35.5. The summed E-state index contributed by atoms with van der Waals surface area (Å²) in [6.07, 6.45) is 1.35. The van der Waals surface area contributed by atoms with E-state index < -0.39 is 9.84 Å². The molecule has 0 saturated carbocycles. The maximum absolute atomic E-state index is 12.5. The molecule has 1 aliphatic rings. The van der Waals surface area contributed by atoms with Gasteiger partial charge in [-0.2, -0.15) is 0 Å². The van der Waals surface area contributed by atoms with E-state index in [0.29, 0.717) is 12.1 Å². The lowest BCUT2D eigenvalue weighted by molar-refractivity contribution is 0.0918. The van der Waals surface area contributed by atoms with Crippen LogP contribution in [0.5, 0.6) is 0 Å². The van der Waals surface area contributed by atoms with Gasteiger partial charge in [0.1, 0.15) is 0 Å². The summed E-state index contributed by atoms with van der Waals surface area (Å²) in [5, 5.41) is 6.09. The Morgan fingerprint density at radius 3 is 2.56 bits per heavy atom. The summed E-state index contributed by atoms with van der Waals surface area (Å²) < 4.78 is 30.3. The van der Waals surface area contributed by atoms with E-state index in [9.17, 15) is 13.2 Å². The van der Waals surface area contributed by atoms with E-state index in [1.807, 2.05) is 0 Å². The van der Waals surface area contributed by atoms with E-state index in [-0.39, 0.29) is 34.7 Å². The third-order valence-corrected chi connectivity index (χ3v) is 6.01. The van der Waals surface area contributed by atoms with E-state index >= 15 is 0 Å². The van der Waals surface area contributed by atoms with E-state index in [2.05, 4.69) is 15.5 Å². The Morgan fingerprint density at radius 2 is 1.85 bits per heavy atom. The minimum absolute atomic E-state index is 0. The molecule has 0 atom stereocenters. The first-order chi connectivity index (χ1) is 12.6. The number of halogens is 1. The number of amides is 1. The number of hydrogen-bond acceptors (Lipinski definition) is 6. The van der Waals surface area contributed by atoms with Gasteiger partial charge in [-0.1, -0.05) is 18.2 Å². The van der Waals surface area contributed by atoms with Crippen LogP contribution in [0.3, 0.4) is 0 Å². The molecule has 1 saturated heterocycles. The van der Waals surface area contributed by atoms with Gasteiger partial charge in [-0.25, -0.2) is 8.42 Å². The topological polar surface area (TPSA) is 91.7 Å². The second-order valence-corrected chi connectivity index (χ2v) is 8.18. The van der Waals surface area contributed by atoms with Crippen LogP contribution in [-0.2, 0) is 15.6 Å². The van der Waals surface area contributed by atoms with Gasteiger partial charge >= 0.3 is 0 Å². The number of nitrogens with zero attached hydrogens (tertiary/aromatic N) is 1. The highest BCUT2D eigenvalue weighted by Crippen LogP contribution is 2.19. The van der Waals surface area contributed by atoms with Gasteiger partial charge in [0.2, 0.25) is 0 Å². The predicted octanol–water partition coefficient (Wildman–Crippen LogP) is 1.31. The molecule has 1 aromatic heterocycles. The molecule has 7 nitrogen and oxygen atoms in total. The number of piperazine rings is 1. The number of carbonyl (C=O) groups is 1. The maximum atomic E-state index is 12.5. The molecule has 3 rings (SSSR count). The fraction of sp³-hybridized carbons (Fsp3) is 0.389. The van der Waals surface area contributed by atoms with Crippen molar-refractivity contribution in [2.24, 2.45) is 0 Å². The van der Waals surface area contributed by atoms with Crippen LogP contribution in [0.25, 0.3) is 0 Å². The van der Waals surface area contributed by atoms with Gasteiger partial charge in [-0.15, -0.1) is 12.4 Å². The minimum atomic E-state index is -3.53. The first-order valence-electron chi connectivity index (χ1n) is 8.62. The van der Waals surface area contributed by atoms with Crippen LogP contribution in [0.4, 0.5) is 0 Å². The number of rotatable bonds is 7. The quantitative estimate of drug-likeness (QED) is 0.711. The minimum Gasteiger partial charge on any atom is -0.459 e. The number of sulfone groups is 1. The fourth-order valence-corrected chi connectivity index (χ4v) is 4.28. The predicted molar refractivity (Wildman–Crippen MR) is 105 cm³/mol. The summed E-state index contributed by atoms with van der Waals surface area (Å²) in [6.45, 7) is 5.06. The largest absolute Gasteiger partial charge is 0.459 e. The molecule has 1 amide bonds. The van der Waals surface area contributed by atoms with Crippen LogP contribution in [0, 0.1) is 0 Å². The Bertz CT molecular complexity index is 833. The molecule has 0 aliphatic carbocycles. The van der Waals surface area contributed by atoms with Crippen molar-refractivity contribution >= 4 is 28.2 Å². The highest BCUT2D eigenvalue weighted by molar-refractivity contribution is 7.90. The van der Waals surface area contributed by atoms with Crippen LogP contribution in [0.2, 0.25) is 0 Å². The summed E-state index contributed by atoms with van der Waals surface area (Å²) in [4.78, 5) is 14.9. The Morgan fingerprint density at radius 1 is 1.15 bits per heavy atom. The van der Waals surface area contributed by atoms with Crippen molar-refractivity contribution in [1.29, 1.82) is 0 Å². The molecule has 0 radical (unpaired) electrons. The summed E-state index contributed by atoms with van der Waals surface area (Å²) >= 11 is 0. The molecule has 0 spiro atoms. The van der Waals surface area contributed by atoms with Crippen molar-refractivity contribution in [3.8, 4) is 0 Å². The average Bonchev–Trinajstić information content (AvgIpc) is 3.11. The van der Waals surface area contributed by atoms with E-state index in [1.54, 1.807) is 30.3 Å². The molecule has 2 heterocycles. The molecule has 0 unspecified atom stereocenters. The molecule has 1 aromatic carbocycles. The van der Waals surface area contributed by atoms with Crippen molar-refractivity contribution in [2.75, 3.05) is 39.3 Å². The van der Waals surface area contributed by atoms with Crippen molar-refractivity contribution in [3.63, 3.8) is 0 Å². The van der Waals surface area contributed by atoms with Gasteiger partial charge in [0.15, 0.2) is 15.6 Å². The first kappa shape index (κ1) is 21.4. The van der Waals surface area contributed by atoms with Gasteiger partial charge in [0.25, 0.3) is 5.91 Å². The molecular formula is C18H24ClN3O4S. The van der Waals surface area contributed by atoms with E-state index in [0.717, 1.165) is 32.7 Å². The zero-order valence-electron chi connectivity index (χ0n) is 14.9. The maximum Gasteiger partial charge on any atom is 0.287 e. The monoisotopic (exact) mass is 413 g/mol. The molecule has 148 valence electrons. The molecule has 2 aromatic rings. The zero-order chi connectivity index (χ0) is 18.4. The summed E-state index contributed by atoms with van der Waals surface area (Å²) in [5.41, 5.74) is 0.369. The third kappa shape index (κ3) is 5.80. The lowest BCUT2D eigenvalue weighted by atomic mass is 10.2. The van der Waals surface area contributed by atoms with Gasteiger partial charge < -0.3 is 15.1 Å². The smallest absolute Gasteiger partial charge is 0.287 e. The molecule has 2 N–H and O–H groups in total.